The van der Waals surface area contributed by atoms with Gasteiger partial charge in [-0.05, 0) is 52.8 Å². The van der Waals surface area contributed by atoms with E-state index in [2.05, 4.69) is 38.3 Å². The molecule has 1 rings (SSSR count). The van der Waals surface area contributed by atoms with Crippen molar-refractivity contribution in [3.63, 3.8) is 0 Å². The van der Waals surface area contributed by atoms with Crippen molar-refractivity contribution in [3.05, 3.63) is 28.0 Å². The molecule has 0 aromatic heterocycles. The number of halogens is 2. The summed E-state index contributed by atoms with van der Waals surface area (Å²) in [6.45, 7) is 1.76. The molecular weight excluding hydrogens is 241 g/mol. The van der Waals surface area contributed by atoms with Crippen LogP contribution in [0.5, 0.6) is 0 Å². The maximum Gasteiger partial charge on any atom is 0.124 e. The molecule has 1 aromatic rings. The normalized spacial score (nSPS) is 9.25. The monoisotopic (exact) mass is 245 g/mol. The highest BCUT2D eigenvalue weighted by Gasteiger charge is 2.03. The summed E-state index contributed by atoms with van der Waals surface area (Å²) in [6, 6.07) is 2.74. The molecule has 0 aliphatic rings. The summed E-state index contributed by atoms with van der Waals surface area (Å²) in [5, 5.41) is 2.24. The van der Waals surface area contributed by atoms with Crippen LogP contribution in [-0.2, 0) is 0 Å². The Morgan fingerprint density at radius 1 is 1.58 bits per heavy atom. The third-order valence-electron chi connectivity index (χ3n) is 1.38. The lowest BCUT2D eigenvalue weighted by molar-refractivity contribution is 0.626. The van der Waals surface area contributed by atoms with Gasteiger partial charge in [-0.15, -0.1) is 0 Å². The zero-order valence-electron chi connectivity index (χ0n) is 6.27. The molecule has 62 valence electrons. The van der Waals surface area contributed by atoms with Crippen LogP contribution in [0, 0.1) is 12.7 Å². The Labute approximate surface area is 83.4 Å². The van der Waals surface area contributed by atoms with Crippen LogP contribution in [0.4, 0.5) is 10.1 Å². The van der Waals surface area contributed by atoms with E-state index in [1.165, 1.54) is 12.1 Å². The van der Waals surface area contributed by atoms with Gasteiger partial charge in [0.25, 0.3) is 0 Å². The van der Waals surface area contributed by atoms with Crippen molar-refractivity contribution >= 4 is 39.0 Å². The van der Waals surface area contributed by atoms with Crippen molar-refractivity contribution in [1.29, 1.82) is 0 Å². The van der Waals surface area contributed by atoms with Crippen LogP contribution >= 0.6 is 28.1 Å². The maximum atomic E-state index is 12.7. The van der Waals surface area contributed by atoms with Gasteiger partial charge in [0.1, 0.15) is 5.82 Å². The highest BCUT2D eigenvalue weighted by molar-refractivity contribution is 9.10. The van der Waals surface area contributed by atoms with Crippen molar-refractivity contribution in [2.75, 3.05) is 0 Å². The van der Waals surface area contributed by atoms with E-state index in [9.17, 15) is 4.39 Å². The van der Waals surface area contributed by atoms with Crippen LogP contribution in [0.1, 0.15) is 5.56 Å². The second kappa shape index (κ2) is 3.90. The van der Waals surface area contributed by atoms with E-state index in [1.54, 1.807) is 6.92 Å². The fourth-order valence-electron chi connectivity index (χ4n) is 0.882. The molecule has 0 atom stereocenters. The van der Waals surface area contributed by atoms with E-state index in [-0.39, 0.29) is 5.82 Å². The fourth-order valence-corrected chi connectivity index (χ4v) is 1.59. The molecule has 4 heteroatoms. The molecule has 0 aliphatic heterocycles. The lowest BCUT2D eigenvalue weighted by Gasteiger charge is -2.00. The standard InChI is InChI=1S/C8H5BrFNS/c1-5-2-6(10)3-7(9)8(5)11-4-12/h2-3H,1H3. The molecule has 0 saturated carbocycles. The molecule has 0 saturated heterocycles. The molecule has 0 bridgehead atoms. The predicted octanol–water partition coefficient (Wildman–Crippen LogP) is 3.63. The summed E-state index contributed by atoms with van der Waals surface area (Å²) in [5.74, 6) is -0.289. The Hall–Kier alpha value is -0.570. The second-order valence-electron chi connectivity index (χ2n) is 2.26. The summed E-state index contributed by atoms with van der Waals surface area (Å²) < 4.78 is 13.3. The number of benzene rings is 1. The van der Waals surface area contributed by atoms with Gasteiger partial charge in [-0.2, -0.15) is 4.99 Å². The van der Waals surface area contributed by atoms with Crippen LogP contribution < -0.4 is 0 Å². The molecule has 12 heavy (non-hydrogen) atoms. The minimum absolute atomic E-state index is 0.289. The van der Waals surface area contributed by atoms with E-state index in [0.717, 1.165) is 5.56 Å². The first-order valence-corrected chi connectivity index (χ1v) is 4.39. The van der Waals surface area contributed by atoms with Gasteiger partial charge in [0.05, 0.1) is 10.8 Å². The quantitative estimate of drug-likeness (QED) is 0.544. The van der Waals surface area contributed by atoms with Crippen molar-refractivity contribution in [3.8, 4) is 0 Å². The number of thiocarbonyl (C=S) groups is 1. The van der Waals surface area contributed by atoms with Gasteiger partial charge in [-0.25, -0.2) is 4.39 Å². The number of rotatable bonds is 1. The average molecular weight is 246 g/mol. The first-order chi connectivity index (χ1) is 5.65. The zero-order chi connectivity index (χ0) is 9.14. The van der Waals surface area contributed by atoms with Crippen LogP contribution in [0.2, 0.25) is 0 Å². The molecule has 0 heterocycles. The first kappa shape index (κ1) is 9.52. The highest BCUT2D eigenvalue weighted by atomic mass is 79.9. The number of isothiocyanates is 1. The molecule has 1 aromatic carbocycles. The van der Waals surface area contributed by atoms with E-state index in [0.29, 0.717) is 10.2 Å². The van der Waals surface area contributed by atoms with E-state index >= 15 is 0 Å². The molecule has 0 spiro atoms. The summed E-state index contributed by atoms with van der Waals surface area (Å²) >= 11 is 7.63. The Balaban J connectivity index is 3.37. The number of hydrogen-bond donors (Lipinski definition) is 0. The third kappa shape index (κ3) is 1.97. The van der Waals surface area contributed by atoms with Crippen LogP contribution in [0.25, 0.3) is 0 Å². The maximum absolute atomic E-state index is 12.7. The van der Waals surface area contributed by atoms with Gasteiger partial charge in [-0.3, -0.25) is 0 Å². The average Bonchev–Trinajstić information content (AvgIpc) is 1.96. The number of nitrogens with zero attached hydrogens (tertiary/aromatic N) is 1. The molecule has 0 amide bonds. The highest BCUT2D eigenvalue weighted by Crippen LogP contribution is 2.29. The first-order valence-electron chi connectivity index (χ1n) is 3.18. The minimum Gasteiger partial charge on any atom is -0.207 e. The Morgan fingerprint density at radius 2 is 2.25 bits per heavy atom. The number of hydrogen-bond acceptors (Lipinski definition) is 2. The third-order valence-corrected chi connectivity index (χ3v) is 2.07. The smallest absolute Gasteiger partial charge is 0.124 e. The van der Waals surface area contributed by atoms with Crippen molar-refractivity contribution in [1.82, 2.24) is 0 Å². The molecule has 1 nitrogen and oxygen atoms in total. The molecule has 0 aliphatic carbocycles. The van der Waals surface area contributed by atoms with Crippen molar-refractivity contribution in [2.24, 2.45) is 4.99 Å². The number of aryl methyl sites for hydroxylation is 1. The summed E-state index contributed by atoms with van der Waals surface area (Å²) in [7, 11) is 0. The number of aliphatic imine (C=N–C) groups is 1. The largest absolute Gasteiger partial charge is 0.207 e. The molecule has 0 fully saturated rings. The van der Waals surface area contributed by atoms with Gasteiger partial charge in [-0.1, -0.05) is 0 Å². The lowest BCUT2D eigenvalue weighted by Crippen LogP contribution is -1.80. The summed E-state index contributed by atoms with van der Waals surface area (Å²) in [6.07, 6.45) is 0. The predicted molar refractivity (Wildman–Crippen MR) is 53.5 cm³/mol. The summed E-state index contributed by atoms with van der Waals surface area (Å²) in [5.41, 5.74) is 1.37. The van der Waals surface area contributed by atoms with E-state index < -0.39 is 0 Å². The van der Waals surface area contributed by atoms with Crippen molar-refractivity contribution in [2.45, 2.75) is 6.92 Å². The Kier molecular flexibility index (Phi) is 3.09. The zero-order valence-corrected chi connectivity index (χ0v) is 8.67. The second-order valence-corrected chi connectivity index (χ2v) is 3.29. The molecular formula is C8H5BrFNS. The van der Waals surface area contributed by atoms with Gasteiger partial charge in [0.2, 0.25) is 0 Å². The topological polar surface area (TPSA) is 12.4 Å². The van der Waals surface area contributed by atoms with E-state index in [4.69, 9.17) is 0 Å². The van der Waals surface area contributed by atoms with Crippen LogP contribution in [0.3, 0.4) is 0 Å². The Morgan fingerprint density at radius 3 is 2.75 bits per heavy atom. The molecule has 0 radical (unpaired) electrons. The van der Waals surface area contributed by atoms with Crippen LogP contribution in [0.15, 0.2) is 21.6 Å². The summed E-state index contributed by atoms with van der Waals surface area (Å²) in [4.78, 5) is 3.80. The van der Waals surface area contributed by atoms with Crippen LogP contribution in [-0.4, -0.2) is 5.16 Å². The lowest BCUT2D eigenvalue weighted by atomic mass is 10.2. The minimum atomic E-state index is -0.289. The van der Waals surface area contributed by atoms with Gasteiger partial charge >= 0.3 is 0 Å². The van der Waals surface area contributed by atoms with Gasteiger partial charge < -0.3 is 0 Å². The fraction of sp³-hybridized carbons (Fsp3) is 0.125. The van der Waals surface area contributed by atoms with Gasteiger partial charge in [0, 0.05) is 4.47 Å². The Bertz CT molecular complexity index is 335. The SMILES string of the molecule is Cc1cc(F)cc(Br)c1N=C=S. The molecule has 0 unspecified atom stereocenters. The van der Waals surface area contributed by atoms with Gasteiger partial charge in [0.15, 0.2) is 0 Å². The van der Waals surface area contributed by atoms with Crippen molar-refractivity contribution < 1.29 is 4.39 Å². The van der Waals surface area contributed by atoms with E-state index in [1.807, 2.05) is 0 Å². The molecule has 0 N–H and O–H groups in total.